The summed E-state index contributed by atoms with van der Waals surface area (Å²) in [6, 6.07) is 0. The Morgan fingerprint density at radius 3 is 2.20 bits per heavy atom. The number of hydrogen-bond acceptors (Lipinski definition) is 5. The predicted octanol–water partition coefficient (Wildman–Crippen LogP) is -0.466. The predicted molar refractivity (Wildman–Crippen MR) is 55.6 cm³/mol. The normalized spacial score (nSPS) is 15.2. The molecule has 0 spiro atoms. The molecule has 0 aliphatic rings. The average Bonchev–Trinajstić information content (AvgIpc) is 2.24. The van der Waals surface area contributed by atoms with Crippen molar-refractivity contribution >= 4 is 0 Å². The van der Waals surface area contributed by atoms with Crippen LogP contribution >= 0.6 is 0 Å². The van der Waals surface area contributed by atoms with E-state index in [0.717, 1.165) is 12.8 Å². The van der Waals surface area contributed by atoms with Crippen LogP contribution in [0.2, 0.25) is 0 Å². The van der Waals surface area contributed by atoms with Crippen LogP contribution < -0.4 is 0 Å². The van der Waals surface area contributed by atoms with Crippen LogP contribution in [0.15, 0.2) is 0 Å². The summed E-state index contributed by atoms with van der Waals surface area (Å²) in [5, 5.41) is 26.8. The number of aliphatic hydroxyl groups excluding tert-OH is 3. The van der Waals surface area contributed by atoms with E-state index < -0.39 is 12.2 Å². The molecule has 0 amide bonds. The fourth-order valence-electron chi connectivity index (χ4n) is 0.907. The Hall–Kier alpha value is -0.200. The summed E-state index contributed by atoms with van der Waals surface area (Å²) < 4.78 is 10.1. The quantitative estimate of drug-likeness (QED) is 0.436. The second-order valence-electron chi connectivity index (χ2n) is 3.46. The molecule has 15 heavy (non-hydrogen) atoms. The largest absolute Gasteiger partial charge is 0.394 e. The maximum Gasteiger partial charge on any atom is 0.101 e. The van der Waals surface area contributed by atoms with Crippen LogP contribution in [-0.4, -0.2) is 60.6 Å². The Kier molecular flexibility index (Phi) is 10.2. The maximum absolute atomic E-state index is 9.34. The van der Waals surface area contributed by atoms with E-state index in [-0.39, 0.29) is 26.4 Å². The Labute approximate surface area is 90.6 Å². The van der Waals surface area contributed by atoms with E-state index in [1.807, 2.05) is 0 Å². The van der Waals surface area contributed by atoms with E-state index in [2.05, 4.69) is 6.92 Å². The van der Waals surface area contributed by atoms with Crippen molar-refractivity contribution in [2.24, 2.45) is 0 Å². The Balaban J connectivity index is 3.21. The molecule has 0 bridgehead atoms. The third kappa shape index (κ3) is 10.1. The summed E-state index contributed by atoms with van der Waals surface area (Å²) in [5.74, 6) is 0. The van der Waals surface area contributed by atoms with Crippen molar-refractivity contribution in [2.75, 3.05) is 33.0 Å². The average molecular weight is 222 g/mol. The van der Waals surface area contributed by atoms with Gasteiger partial charge in [0.2, 0.25) is 0 Å². The van der Waals surface area contributed by atoms with Crippen molar-refractivity contribution in [3.05, 3.63) is 0 Å². The minimum atomic E-state index is -0.877. The second kappa shape index (κ2) is 10.3. The number of hydrogen-bond donors (Lipinski definition) is 3. The molecule has 0 aliphatic heterocycles. The van der Waals surface area contributed by atoms with Gasteiger partial charge in [0.1, 0.15) is 12.2 Å². The monoisotopic (exact) mass is 222 g/mol. The molecule has 0 fully saturated rings. The van der Waals surface area contributed by atoms with Gasteiger partial charge in [0, 0.05) is 6.61 Å². The van der Waals surface area contributed by atoms with Gasteiger partial charge in [-0.05, 0) is 6.42 Å². The van der Waals surface area contributed by atoms with Gasteiger partial charge in [-0.25, -0.2) is 0 Å². The number of rotatable bonds is 10. The van der Waals surface area contributed by atoms with Gasteiger partial charge in [-0.2, -0.15) is 0 Å². The molecule has 0 aromatic heterocycles. The van der Waals surface area contributed by atoms with Crippen LogP contribution in [0.5, 0.6) is 0 Å². The van der Waals surface area contributed by atoms with E-state index in [0.29, 0.717) is 6.61 Å². The SMILES string of the molecule is CCCCOCC(O)COCC(O)CO. The van der Waals surface area contributed by atoms with E-state index in [1.165, 1.54) is 0 Å². The minimum Gasteiger partial charge on any atom is -0.394 e. The lowest BCUT2D eigenvalue weighted by atomic mass is 10.3. The summed E-state index contributed by atoms with van der Waals surface area (Å²) in [7, 11) is 0. The van der Waals surface area contributed by atoms with Crippen molar-refractivity contribution in [1.29, 1.82) is 0 Å². The highest BCUT2D eigenvalue weighted by Crippen LogP contribution is 1.93. The molecule has 0 aromatic rings. The van der Waals surface area contributed by atoms with E-state index in [4.69, 9.17) is 19.7 Å². The molecule has 0 aliphatic carbocycles. The van der Waals surface area contributed by atoms with E-state index in [9.17, 15) is 5.11 Å². The van der Waals surface area contributed by atoms with Crippen LogP contribution in [0, 0.1) is 0 Å². The topological polar surface area (TPSA) is 79.2 Å². The van der Waals surface area contributed by atoms with Gasteiger partial charge in [-0.3, -0.25) is 0 Å². The highest BCUT2D eigenvalue weighted by atomic mass is 16.5. The van der Waals surface area contributed by atoms with Gasteiger partial charge in [-0.15, -0.1) is 0 Å². The van der Waals surface area contributed by atoms with Gasteiger partial charge in [0.15, 0.2) is 0 Å². The third-order valence-electron chi connectivity index (χ3n) is 1.78. The van der Waals surface area contributed by atoms with Crippen LogP contribution in [0.25, 0.3) is 0 Å². The Bertz CT molecular complexity index is 131. The first-order chi connectivity index (χ1) is 7.20. The number of unbranched alkanes of at least 4 members (excludes halogenated alkanes) is 1. The van der Waals surface area contributed by atoms with Crippen molar-refractivity contribution < 1.29 is 24.8 Å². The zero-order valence-electron chi connectivity index (χ0n) is 9.26. The fourth-order valence-corrected chi connectivity index (χ4v) is 0.907. The molecular formula is C10H22O5. The number of aliphatic hydroxyl groups is 3. The van der Waals surface area contributed by atoms with Crippen molar-refractivity contribution in [3.63, 3.8) is 0 Å². The highest BCUT2D eigenvalue weighted by molar-refractivity contribution is 4.54. The molecule has 0 saturated carbocycles. The summed E-state index contributed by atoms with van der Waals surface area (Å²) in [6.07, 6.45) is 0.498. The molecule has 0 radical (unpaired) electrons. The molecule has 2 unspecified atom stereocenters. The molecule has 0 aromatic carbocycles. The fraction of sp³-hybridized carbons (Fsp3) is 1.00. The van der Waals surface area contributed by atoms with Crippen molar-refractivity contribution in [2.45, 2.75) is 32.0 Å². The minimum absolute atomic E-state index is 0.0303. The van der Waals surface area contributed by atoms with Crippen LogP contribution in [0.3, 0.4) is 0 Å². The van der Waals surface area contributed by atoms with E-state index >= 15 is 0 Å². The molecule has 0 saturated heterocycles. The zero-order valence-corrected chi connectivity index (χ0v) is 9.26. The molecular weight excluding hydrogens is 200 g/mol. The van der Waals surface area contributed by atoms with Crippen LogP contribution in [0.1, 0.15) is 19.8 Å². The summed E-state index contributed by atoms with van der Waals surface area (Å²) in [4.78, 5) is 0. The molecule has 0 heterocycles. The van der Waals surface area contributed by atoms with Crippen molar-refractivity contribution in [3.8, 4) is 0 Å². The molecule has 2 atom stereocenters. The van der Waals surface area contributed by atoms with Crippen LogP contribution in [0.4, 0.5) is 0 Å². The first kappa shape index (κ1) is 14.8. The molecule has 3 N–H and O–H groups in total. The maximum atomic E-state index is 9.34. The standard InChI is InChI=1S/C10H22O5/c1-2-3-4-14-7-10(13)8-15-6-9(12)5-11/h9-13H,2-8H2,1H3. The first-order valence-corrected chi connectivity index (χ1v) is 5.33. The van der Waals surface area contributed by atoms with Gasteiger partial charge in [-0.1, -0.05) is 13.3 Å². The van der Waals surface area contributed by atoms with E-state index in [1.54, 1.807) is 0 Å². The lowest BCUT2D eigenvalue weighted by Crippen LogP contribution is -2.26. The summed E-state index contributed by atoms with van der Waals surface area (Å²) >= 11 is 0. The second-order valence-corrected chi connectivity index (χ2v) is 3.46. The molecule has 5 nitrogen and oxygen atoms in total. The molecule has 0 rings (SSSR count). The number of ether oxygens (including phenoxy) is 2. The van der Waals surface area contributed by atoms with Gasteiger partial charge in [0.25, 0.3) is 0 Å². The third-order valence-corrected chi connectivity index (χ3v) is 1.78. The first-order valence-electron chi connectivity index (χ1n) is 5.33. The van der Waals surface area contributed by atoms with Gasteiger partial charge >= 0.3 is 0 Å². The Morgan fingerprint density at radius 2 is 1.60 bits per heavy atom. The highest BCUT2D eigenvalue weighted by Gasteiger charge is 2.06. The lowest BCUT2D eigenvalue weighted by Gasteiger charge is -2.13. The van der Waals surface area contributed by atoms with Crippen LogP contribution in [-0.2, 0) is 9.47 Å². The smallest absolute Gasteiger partial charge is 0.101 e. The summed E-state index contributed by atoms with van der Waals surface area (Å²) in [5.41, 5.74) is 0. The van der Waals surface area contributed by atoms with Crippen molar-refractivity contribution in [1.82, 2.24) is 0 Å². The molecule has 5 heteroatoms. The Morgan fingerprint density at radius 1 is 1.00 bits per heavy atom. The lowest BCUT2D eigenvalue weighted by molar-refractivity contribution is -0.0480. The molecule has 92 valence electrons. The summed E-state index contributed by atoms with van der Waals surface area (Å²) in [6.45, 7) is 2.77. The van der Waals surface area contributed by atoms with Gasteiger partial charge < -0.3 is 24.8 Å². The zero-order chi connectivity index (χ0) is 11.5. The van der Waals surface area contributed by atoms with Gasteiger partial charge in [0.05, 0.1) is 26.4 Å².